The highest BCUT2D eigenvalue weighted by Gasteiger charge is 2.71. The van der Waals surface area contributed by atoms with Crippen LogP contribution in [-0.2, 0) is 31.6 Å². The molecule has 2 aliphatic heterocycles. The number of halogens is 7. The number of alkyl halides is 6. The zero-order valence-corrected chi connectivity index (χ0v) is 22.7. The van der Waals surface area contributed by atoms with Crippen LogP contribution in [0.4, 0.5) is 36.4 Å². The Labute approximate surface area is 232 Å². The summed E-state index contributed by atoms with van der Waals surface area (Å²) < 4.78 is 128. The van der Waals surface area contributed by atoms with Gasteiger partial charge in [-0.15, -0.1) is 0 Å². The number of ether oxygens (including phenoxy) is 1. The summed E-state index contributed by atoms with van der Waals surface area (Å²) in [6, 6.07) is 4.31. The zero-order valence-electron chi connectivity index (χ0n) is 21.9. The van der Waals surface area contributed by atoms with Crippen LogP contribution in [0.15, 0.2) is 47.4 Å². The Balaban J connectivity index is 1.73. The quantitative estimate of drug-likeness (QED) is 0.373. The van der Waals surface area contributed by atoms with Crippen LogP contribution in [0.25, 0.3) is 0 Å². The van der Waals surface area contributed by atoms with E-state index < -0.39 is 51.0 Å². The first-order valence-electron chi connectivity index (χ1n) is 12.8. The topological polar surface area (TPSA) is 83.9 Å². The van der Waals surface area contributed by atoms with Crippen LogP contribution in [0, 0.1) is 5.82 Å². The first kappa shape index (κ1) is 31.2. The molecule has 2 aromatic rings. The van der Waals surface area contributed by atoms with E-state index in [1.54, 1.807) is 0 Å². The van der Waals surface area contributed by atoms with Crippen molar-refractivity contribution in [3.63, 3.8) is 0 Å². The van der Waals surface area contributed by atoms with Crippen molar-refractivity contribution >= 4 is 21.5 Å². The number of ketones is 1. The lowest BCUT2D eigenvalue weighted by Crippen LogP contribution is -2.54. The van der Waals surface area contributed by atoms with Crippen LogP contribution in [0.2, 0.25) is 0 Å². The second-order valence-corrected chi connectivity index (χ2v) is 12.5. The standard InChI is InChI=1S/C27H28F7NO5S/c1-24(12-2-14-40-24)13-11-21(36)16-20-7-3-17-15-18(25(37,26(29,30)31)27(32,33)34)4-10-23(17)35(20)41(38,39)22-8-5-19(28)6-9-22/h4-6,8-10,15,20,37H,2-3,7,11-14,16H2,1H3/t20-,24?/m0/s1. The zero-order chi connectivity index (χ0) is 30.4. The van der Waals surface area contributed by atoms with Gasteiger partial charge in [-0.2, -0.15) is 26.3 Å². The largest absolute Gasteiger partial charge is 0.430 e. The van der Waals surface area contributed by atoms with Gasteiger partial charge in [-0.05, 0) is 74.9 Å². The molecule has 1 unspecified atom stereocenters. The summed E-state index contributed by atoms with van der Waals surface area (Å²) in [7, 11) is -4.55. The number of carbonyl (C=O) groups excluding carboxylic acids is 1. The predicted octanol–water partition coefficient (Wildman–Crippen LogP) is 5.96. The minimum atomic E-state index is -6.12. The molecule has 2 aliphatic rings. The van der Waals surface area contributed by atoms with Crippen molar-refractivity contribution in [1.82, 2.24) is 0 Å². The van der Waals surface area contributed by atoms with Crippen LogP contribution < -0.4 is 4.31 Å². The average Bonchev–Trinajstić information content (AvgIpc) is 3.32. The van der Waals surface area contributed by atoms with Gasteiger partial charge in [0.2, 0.25) is 0 Å². The lowest BCUT2D eigenvalue weighted by atomic mass is 9.87. The van der Waals surface area contributed by atoms with Gasteiger partial charge in [0.25, 0.3) is 15.6 Å². The minimum Gasteiger partial charge on any atom is -0.375 e. The molecule has 0 amide bonds. The summed E-state index contributed by atoms with van der Waals surface area (Å²) in [5.74, 6) is -1.03. The Bertz CT molecular complexity index is 1370. The fourth-order valence-corrected chi connectivity index (χ4v) is 7.10. The second-order valence-electron chi connectivity index (χ2n) is 10.6. The van der Waals surface area contributed by atoms with E-state index in [9.17, 15) is 49.1 Å². The van der Waals surface area contributed by atoms with Crippen molar-refractivity contribution < 1.29 is 53.8 Å². The van der Waals surface area contributed by atoms with Crippen LogP contribution in [0.3, 0.4) is 0 Å². The molecule has 41 heavy (non-hydrogen) atoms. The van der Waals surface area contributed by atoms with E-state index >= 15 is 0 Å². The summed E-state index contributed by atoms with van der Waals surface area (Å²) in [5.41, 5.74) is -7.63. The molecule has 14 heteroatoms. The molecule has 0 aliphatic carbocycles. The number of hydrogen-bond donors (Lipinski definition) is 1. The maximum absolute atomic E-state index is 13.7. The number of nitrogens with zero attached hydrogens (tertiary/aromatic N) is 1. The first-order chi connectivity index (χ1) is 18.9. The number of sulfonamides is 1. The average molecular weight is 612 g/mol. The molecule has 2 heterocycles. The Morgan fingerprint density at radius 3 is 2.27 bits per heavy atom. The predicted molar refractivity (Wildman–Crippen MR) is 133 cm³/mol. The summed E-state index contributed by atoms with van der Waals surface area (Å²) >= 11 is 0. The molecule has 1 N–H and O–H groups in total. The van der Waals surface area contributed by atoms with Gasteiger partial charge in [0.05, 0.1) is 22.2 Å². The molecule has 0 bridgehead atoms. The third kappa shape index (κ3) is 5.96. The van der Waals surface area contributed by atoms with Crippen molar-refractivity contribution in [1.29, 1.82) is 0 Å². The minimum absolute atomic E-state index is 0.0768. The van der Waals surface area contributed by atoms with E-state index in [1.807, 2.05) is 6.92 Å². The molecular weight excluding hydrogens is 583 g/mol. The molecule has 0 spiro atoms. The van der Waals surface area contributed by atoms with E-state index in [4.69, 9.17) is 4.74 Å². The van der Waals surface area contributed by atoms with Crippen molar-refractivity contribution in [2.75, 3.05) is 10.9 Å². The Hall–Kier alpha value is -2.71. The highest BCUT2D eigenvalue weighted by molar-refractivity contribution is 7.92. The lowest BCUT2D eigenvalue weighted by molar-refractivity contribution is -0.376. The van der Waals surface area contributed by atoms with E-state index in [1.165, 1.54) is 0 Å². The molecule has 2 atom stereocenters. The van der Waals surface area contributed by atoms with Crippen LogP contribution in [0.5, 0.6) is 0 Å². The number of benzene rings is 2. The highest BCUT2D eigenvalue weighted by Crippen LogP contribution is 2.51. The van der Waals surface area contributed by atoms with Crippen LogP contribution in [0.1, 0.15) is 56.6 Å². The number of hydrogen-bond acceptors (Lipinski definition) is 5. The first-order valence-corrected chi connectivity index (χ1v) is 14.3. The fraction of sp³-hybridized carbons (Fsp3) is 0.519. The van der Waals surface area contributed by atoms with E-state index in [0.717, 1.165) is 47.5 Å². The monoisotopic (exact) mass is 611 g/mol. The lowest BCUT2D eigenvalue weighted by Gasteiger charge is -2.39. The van der Waals surface area contributed by atoms with Gasteiger partial charge in [0, 0.05) is 25.0 Å². The van der Waals surface area contributed by atoms with Gasteiger partial charge >= 0.3 is 12.4 Å². The van der Waals surface area contributed by atoms with Crippen molar-refractivity contribution in [3.05, 3.63) is 59.4 Å². The third-order valence-corrected chi connectivity index (χ3v) is 9.58. The molecule has 226 valence electrons. The Morgan fingerprint density at radius 1 is 1.07 bits per heavy atom. The van der Waals surface area contributed by atoms with Gasteiger partial charge in [-0.25, -0.2) is 12.8 Å². The Kier molecular flexibility index (Phi) is 8.26. The van der Waals surface area contributed by atoms with E-state index in [2.05, 4.69) is 0 Å². The summed E-state index contributed by atoms with van der Waals surface area (Å²) in [4.78, 5) is 12.6. The van der Waals surface area contributed by atoms with Crippen LogP contribution in [-0.4, -0.2) is 49.9 Å². The molecule has 6 nitrogen and oxygen atoms in total. The SMILES string of the molecule is CC1(CCC(=O)C[C@@H]2CCc3cc(C(O)(C(F)(F)F)C(F)(F)F)ccc3N2S(=O)(=O)c2ccc(F)cc2)CCCO1. The maximum Gasteiger partial charge on any atom is 0.430 e. The highest BCUT2D eigenvalue weighted by atomic mass is 32.2. The summed E-state index contributed by atoms with van der Waals surface area (Å²) in [6.07, 6.45) is -10.7. The number of aliphatic hydroxyl groups is 1. The smallest absolute Gasteiger partial charge is 0.375 e. The summed E-state index contributed by atoms with van der Waals surface area (Å²) in [6.45, 7) is 2.43. The normalized spacial score (nSPS) is 22.1. The number of fused-ring (bicyclic) bond motifs is 1. The number of Topliss-reactive ketones (excluding diaryl/α,β-unsaturated/α-hetero) is 1. The molecule has 1 fully saturated rings. The molecule has 4 rings (SSSR count). The third-order valence-electron chi connectivity index (χ3n) is 7.70. The number of anilines is 1. The molecule has 2 aromatic carbocycles. The van der Waals surface area contributed by atoms with Crippen LogP contribution >= 0.6 is 0 Å². The van der Waals surface area contributed by atoms with Gasteiger partial charge in [-0.1, -0.05) is 12.1 Å². The Morgan fingerprint density at radius 2 is 1.71 bits per heavy atom. The van der Waals surface area contributed by atoms with Gasteiger partial charge in [0.15, 0.2) is 0 Å². The fourth-order valence-electron chi connectivity index (χ4n) is 5.38. The molecule has 0 saturated carbocycles. The molecular formula is C27H28F7NO5S. The number of aryl methyl sites for hydroxylation is 1. The van der Waals surface area contributed by atoms with Crippen molar-refractivity contribution in [2.45, 2.75) is 86.4 Å². The number of rotatable bonds is 8. The molecule has 1 saturated heterocycles. The van der Waals surface area contributed by atoms with Gasteiger partial charge in [0.1, 0.15) is 11.6 Å². The molecule has 0 radical (unpaired) electrons. The second kappa shape index (κ2) is 10.8. The number of carbonyl (C=O) groups is 1. The van der Waals surface area contributed by atoms with Crippen molar-refractivity contribution in [3.8, 4) is 0 Å². The summed E-state index contributed by atoms with van der Waals surface area (Å²) in [5, 5.41) is 9.86. The van der Waals surface area contributed by atoms with Crippen molar-refractivity contribution in [2.24, 2.45) is 0 Å². The van der Waals surface area contributed by atoms with Gasteiger partial charge in [-0.3, -0.25) is 9.10 Å². The van der Waals surface area contributed by atoms with E-state index in [0.29, 0.717) is 25.2 Å². The van der Waals surface area contributed by atoms with E-state index in [-0.39, 0.29) is 47.6 Å². The maximum atomic E-state index is 13.7. The molecule has 0 aromatic heterocycles. The van der Waals surface area contributed by atoms with Gasteiger partial charge < -0.3 is 9.84 Å².